The lowest BCUT2D eigenvalue weighted by molar-refractivity contribution is 0.306. The van der Waals surface area contributed by atoms with Gasteiger partial charge in [-0.05, 0) is 18.2 Å². The lowest BCUT2D eigenvalue weighted by Crippen LogP contribution is -1.97. The minimum Gasteiger partial charge on any atom is -0.487 e. The third kappa shape index (κ3) is 2.41. The van der Waals surface area contributed by atoms with Crippen LogP contribution in [0.2, 0.25) is 5.02 Å². The van der Waals surface area contributed by atoms with Crippen molar-refractivity contribution in [2.24, 2.45) is 0 Å². The molecule has 0 atom stereocenters. The second-order valence-electron chi connectivity index (χ2n) is 3.00. The Kier molecular flexibility index (Phi) is 2.78. The van der Waals surface area contributed by atoms with Crippen LogP contribution in [0.25, 0.3) is 0 Å². The van der Waals surface area contributed by atoms with Crippen LogP contribution in [-0.4, -0.2) is 5.16 Å². The van der Waals surface area contributed by atoms with Crippen molar-refractivity contribution in [3.8, 4) is 5.75 Å². The molecule has 0 aliphatic carbocycles. The van der Waals surface area contributed by atoms with Crippen LogP contribution in [0, 0.1) is 0 Å². The number of hydrogen-bond donors (Lipinski definition) is 1. The molecule has 1 aromatic heterocycles. The molecule has 2 aromatic rings. The van der Waals surface area contributed by atoms with Gasteiger partial charge in [0, 0.05) is 10.6 Å². The van der Waals surface area contributed by atoms with Gasteiger partial charge in [-0.2, -0.15) is 0 Å². The molecule has 0 saturated heterocycles. The summed E-state index contributed by atoms with van der Waals surface area (Å²) < 4.78 is 10.1. The largest absolute Gasteiger partial charge is 0.487 e. The first kappa shape index (κ1) is 9.86. The molecule has 0 aliphatic heterocycles. The molecule has 1 heterocycles. The fraction of sp³-hybridized carbons (Fsp3) is 0.100. The van der Waals surface area contributed by atoms with E-state index >= 15 is 0 Å². The summed E-state index contributed by atoms with van der Waals surface area (Å²) in [7, 11) is 0. The fourth-order valence-electron chi connectivity index (χ4n) is 1.11. The van der Waals surface area contributed by atoms with Crippen molar-refractivity contribution in [2.75, 3.05) is 5.73 Å². The zero-order chi connectivity index (χ0) is 10.7. The number of nitrogens with zero attached hydrogens (tertiary/aromatic N) is 1. The van der Waals surface area contributed by atoms with E-state index in [4.69, 9.17) is 22.1 Å². The number of hydrogen-bond acceptors (Lipinski definition) is 4. The number of nitrogen functional groups attached to an aromatic ring is 1. The molecule has 5 heteroatoms. The quantitative estimate of drug-likeness (QED) is 0.814. The molecule has 0 spiro atoms. The minimum absolute atomic E-state index is 0.370. The van der Waals surface area contributed by atoms with E-state index in [1.54, 1.807) is 24.4 Å². The van der Waals surface area contributed by atoms with Gasteiger partial charge in [0.25, 0.3) is 0 Å². The first-order chi connectivity index (χ1) is 7.25. The topological polar surface area (TPSA) is 61.3 Å². The third-order valence-corrected chi connectivity index (χ3v) is 2.08. The van der Waals surface area contributed by atoms with Gasteiger partial charge in [0.1, 0.15) is 18.6 Å². The Balaban J connectivity index is 2.05. The molecule has 0 radical (unpaired) electrons. The Morgan fingerprint density at radius 2 is 2.33 bits per heavy atom. The Morgan fingerprint density at radius 3 is 3.00 bits per heavy atom. The second-order valence-corrected chi connectivity index (χ2v) is 3.44. The van der Waals surface area contributed by atoms with Gasteiger partial charge in [-0.25, -0.2) is 0 Å². The highest BCUT2D eigenvalue weighted by molar-refractivity contribution is 6.30. The number of nitrogens with two attached hydrogens (primary N) is 1. The van der Waals surface area contributed by atoms with Crippen molar-refractivity contribution in [3.05, 3.63) is 41.2 Å². The molecule has 15 heavy (non-hydrogen) atoms. The van der Waals surface area contributed by atoms with Crippen molar-refractivity contribution in [3.63, 3.8) is 0 Å². The van der Waals surface area contributed by atoms with Crippen LogP contribution in [0.15, 0.2) is 35.2 Å². The van der Waals surface area contributed by atoms with E-state index in [1.807, 2.05) is 0 Å². The van der Waals surface area contributed by atoms with E-state index in [2.05, 4.69) is 9.68 Å². The van der Waals surface area contributed by atoms with Gasteiger partial charge in [0.2, 0.25) is 0 Å². The predicted octanol–water partition coefficient (Wildman–Crippen LogP) is 2.49. The van der Waals surface area contributed by atoms with Gasteiger partial charge < -0.3 is 15.0 Å². The lowest BCUT2D eigenvalue weighted by Gasteiger charge is -2.07. The van der Waals surface area contributed by atoms with E-state index in [0.717, 1.165) is 5.56 Å². The van der Waals surface area contributed by atoms with Crippen molar-refractivity contribution in [2.45, 2.75) is 6.61 Å². The zero-order valence-electron chi connectivity index (χ0n) is 7.81. The predicted molar refractivity (Wildman–Crippen MR) is 56.7 cm³/mol. The first-order valence-corrected chi connectivity index (χ1v) is 4.69. The van der Waals surface area contributed by atoms with Crippen molar-refractivity contribution >= 4 is 17.3 Å². The standard InChI is InChI=1S/C10H9ClN2O2/c11-8-1-2-10(9(12)3-8)14-5-7-4-13-15-6-7/h1-4,6H,5,12H2. The van der Waals surface area contributed by atoms with Crippen LogP contribution < -0.4 is 10.5 Å². The summed E-state index contributed by atoms with van der Waals surface area (Å²) in [6, 6.07) is 5.09. The maximum absolute atomic E-state index is 5.76. The van der Waals surface area contributed by atoms with E-state index in [9.17, 15) is 0 Å². The highest BCUT2D eigenvalue weighted by atomic mass is 35.5. The van der Waals surface area contributed by atoms with Gasteiger partial charge in [-0.3, -0.25) is 0 Å². The summed E-state index contributed by atoms with van der Waals surface area (Å²) in [6.45, 7) is 0.370. The SMILES string of the molecule is Nc1cc(Cl)ccc1OCc1cnoc1. The highest BCUT2D eigenvalue weighted by Crippen LogP contribution is 2.25. The molecule has 2 rings (SSSR count). The normalized spacial score (nSPS) is 10.2. The Hall–Kier alpha value is -1.68. The zero-order valence-corrected chi connectivity index (χ0v) is 8.57. The summed E-state index contributed by atoms with van der Waals surface area (Å²) >= 11 is 5.76. The summed E-state index contributed by atoms with van der Waals surface area (Å²) in [5.74, 6) is 0.598. The molecular formula is C10H9ClN2O2. The Labute approximate surface area is 91.6 Å². The molecule has 1 aromatic carbocycles. The number of halogens is 1. The third-order valence-electron chi connectivity index (χ3n) is 1.85. The second kappa shape index (κ2) is 4.23. The van der Waals surface area contributed by atoms with E-state index in [0.29, 0.717) is 23.1 Å². The molecule has 2 N–H and O–H groups in total. The van der Waals surface area contributed by atoms with Gasteiger partial charge in [0.15, 0.2) is 0 Å². The maximum atomic E-state index is 5.76. The summed E-state index contributed by atoms with van der Waals surface area (Å²) in [5.41, 5.74) is 7.08. The minimum atomic E-state index is 0.370. The summed E-state index contributed by atoms with van der Waals surface area (Å²) in [6.07, 6.45) is 3.11. The fourth-order valence-corrected chi connectivity index (χ4v) is 1.29. The van der Waals surface area contributed by atoms with Gasteiger partial charge in [-0.1, -0.05) is 16.8 Å². The molecule has 0 bridgehead atoms. The average molecular weight is 225 g/mol. The molecule has 0 unspecified atom stereocenters. The number of anilines is 1. The van der Waals surface area contributed by atoms with E-state index in [1.165, 1.54) is 6.26 Å². The molecule has 0 fully saturated rings. The highest BCUT2D eigenvalue weighted by Gasteiger charge is 2.02. The lowest BCUT2D eigenvalue weighted by atomic mass is 10.3. The number of rotatable bonds is 3. The number of ether oxygens (including phenoxy) is 1. The van der Waals surface area contributed by atoms with E-state index in [-0.39, 0.29) is 0 Å². The molecular weight excluding hydrogens is 216 g/mol. The van der Waals surface area contributed by atoms with Crippen LogP contribution in [-0.2, 0) is 6.61 Å². The molecule has 0 amide bonds. The van der Waals surface area contributed by atoms with Gasteiger partial charge in [0.05, 0.1) is 11.9 Å². The van der Waals surface area contributed by atoms with Crippen LogP contribution in [0.4, 0.5) is 5.69 Å². The maximum Gasteiger partial charge on any atom is 0.142 e. The first-order valence-electron chi connectivity index (χ1n) is 4.32. The van der Waals surface area contributed by atoms with E-state index < -0.39 is 0 Å². The number of benzene rings is 1. The Morgan fingerprint density at radius 1 is 1.47 bits per heavy atom. The van der Waals surface area contributed by atoms with Crippen LogP contribution in [0.1, 0.15) is 5.56 Å². The van der Waals surface area contributed by atoms with Crippen LogP contribution in [0.5, 0.6) is 5.75 Å². The van der Waals surface area contributed by atoms with Gasteiger partial charge in [-0.15, -0.1) is 0 Å². The van der Waals surface area contributed by atoms with Crippen LogP contribution in [0.3, 0.4) is 0 Å². The number of aromatic nitrogens is 1. The van der Waals surface area contributed by atoms with Crippen molar-refractivity contribution in [1.82, 2.24) is 5.16 Å². The Bertz CT molecular complexity index is 443. The molecule has 4 nitrogen and oxygen atoms in total. The monoisotopic (exact) mass is 224 g/mol. The summed E-state index contributed by atoms with van der Waals surface area (Å²) in [4.78, 5) is 0. The average Bonchev–Trinajstić information content (AvgIpc) is 2.69. The molecule has 0 aliphatic rings. The smallest absolute Gasteiger partial charge is 0.142 e. The van der Waals surface area contributed by atoms with Gasteiger partial charge >= 0.3 is 0 Å². The molecule has 78 valence electrons. The molecule has 0 saturated carbocycles. The van der Waals surface area contributed by atoms with Crippen molar-refractivity contribution in [1.29, 1.82) is 0 Å². The van der Waals surface area contributed by atoms with Crippen molar-refractivity contribution < 1.29 is 9.26 Å². The summed E-state index contributed by atoms with van der Waals surface area (Å²) in [5, 5.41) is 4.15. The van der Waals surface area contributed by atoms with Crippen LogP contribution >= 0.6 is 11.6 Å².